The molecule has 1 aromatic heterocycles. The third-order valence-corrected chi connectivity index (χ3v) is 2.88. The summed E-state index contributed by atoms with van der Waals surface area (Å²) in [5.41, 5.74) is 3.15. The van der Waals surface area contributed by atoms with Crippen LogP contribution >= 0.6 is 15.9 Å². The molecule has 0 saturated carbocycles. The van der Waals surface area contributed by atoms with Gasteiger partial charge in [-0.25, -0.2) is 15.2 Å². The minimum Gasteiger partial charge on any atom is -0.486 e. The summed E-state index contributed by atoms with van der Waals surface area (Å²) >= 11 is 3.29. The monoisotopic (exact) mass is 311 g/mol. The number of aromatic nitrogens is 1. The van der Waals surface area contributed by atoms with E-state index in [0.717, 1.165) is 0 Å². The molecule has 6 heteroatoms. The standard InChI is InChI=1S/C12H11BrFN3O/c13-10-5-4-8(14)6-11(10)18-7-9-2-1-3-12(16-9)17-15/h1-6H,7,15H2,(H,16,17). The smallest absolute Gasteiger partial charge is 0.140 e. The van der Waals surface area contributed by atoms with Crippen molar-refractivity contribution in [2.45, 2.75) is 6.61 Å². The quantitative estimate of drug-likeness (QED) is 0.673. The Morgan fingerprint density at radius 2 is 2.17 bits per heavy atom. The van der Waals surface area contributed by atoms with Crippen molar-refractivity contribution in [2.75, 3.05) is 5.43 Å². The lowest BCUT2D eigenvalue weighted by Crippen LogP contribution is -2.09. The molecule has 0 aliphatic carbocycles. The van der Waals surface area contributed by atoms with Crippen molar-refractivity contribution in [3.63, 3.8) is 0 Å². The van der Waals surface area contributed by atoms with Gasteiger partial charge in [-0.1, -0.05) is 6.07 Å². The van der Waals surface area contributed by atoms with Gasteiger partial charge in [-0.3, -0.25) is 0 Å². The van der Waals surface area contributed by atoms with Crippen molar-refractivity contribution in [3.05, 3.63) is 52.4 Å². The first kappa shape index (κ1) is 12.8. The molecule has 0 atom stereocenters. The Hall–Kier alpha value is -1.66. The highest BCUT2D eigenvalue weighted by atomic mass is 79.9. The molecular weight excluding hydrogens is 301 g/mol. The van der Waals surface area contributed by atoms with E-state index in [1.54, 1.807) is 18.2 Å². The third-order valence-electron chi connectivity index (χ3n) is 2.22. The number of nitrogens with two attached hydrogens (primary N) is 1. The lowest BCUT2D eigenvalue weighted by molar-refractivity contribution is 0.298. The molecule has 18 heavy (non-hydrogen) atoms. The second-order valence-electron chi connectivity index (χ2n) is 3.52. The molecule has 4 nitrogen and oxygen atoms in total. The largest absolute Gasteiger partial charge is 0.486 e. The number of benzene rings is 1. The first-order valence-electron chi connectivity index (χ1n) is 5.19. The maximum Gasteiger partial charge on any atom is 0.140 e. The molecule has 0 spiro atoms. The fourth-order valence-corrected chi connectivity index (χ4v) is 1.74. The van der Waals surface area contributed by atoms with E-state index in [4.69, 9.17) is 10.6 Å². The predicted molar refractivity (Wildman–Crippen MR) is 70.5 cm³/mol. The van der Waals surface area contributed by atoms with Crippen LogP contribution < -0.4 is 16.0 Å². The molecule has 0 saturated heterocycles. The van der Waals surface area contributed by atoms with E-state index in [0.29, 0.717) is 21.7 Å². The van der Waals surface area contributed by atoms with Gasteiger partial charge < -0.3 is 10.2 Å². The van der Waals surface area contributed by atoms with Crippen LogP contribution in [0.3, 0.4) is 0 Å². The van der Waals surface area contributed by atoms with E-state index in [9.17, 15) is 4.39 Å². The number of anilines is 1. The summed E-state index contributed by atoms with van der Waals surface area (Å²) in [5, 5.41) is 0. The van der Waals surface area contributed by atoms with Gasteiger partial charge in [0.2, 0.25) is 0 Å². The summed E-state index contributed by atoms with van der Waals surface area (Å²) in [6.45, 7) is 0.234. The van der Waals surface area contributed by atoms with Crippen molar-refractivity contribution >= 4 is 21.7 Å². The molecule has 0 fully saturated rings. The van der Waals surface area contributed by atoms with Crippen LogP contribution in [0.25, 0.3) is 0 Å². The minimum absolute atomic E-state index is 0.234. The summed E-state index contributed by atoms with van der Waals surface area (Å²) in [4.78, 5) is 4.19. The van der Waals surface area contributed by atoms with Gasteiger partial charge in [-0.2, -0.15) is 0 Å². The summed E-state index contributed by atoms with van der Waals surface area (Å²) in [7, 11) is 0. The number of hydrazine groups is 1. The van der Waals surface area contributed by atoms with Crippen molar-refractivity contribution in [1.29, 1.82) is 0 Å². The molecule has 2 rings (SSSR count). The average molecular weight is 312 g/mol. The highest BCUT2D eigenvalue weighted by Crippen LogP contribution is 2.26. The zero-order valence-corrected chi connectivity index (χ0v) is 10.9. The van der Waals surface area contributed by atoms with Gasteiger partial charge in [0, 0.05) is 6.07 Å². The molecule has 0 amide bonds. The number of nitrogens with one attached hydrogen (secondary N) is 1. The van der Waals surface area contributed by atoms with Crippen LogP contribution in [-0.2, 0) is 6.61 Å². The molecule has 3 N–H and O–H groups in total. The van der Waals surface area contributed by atoms with E-state index in [1.807, 2.05) is 6.07 Å². The Balaban J connectivity index is 2.08. The SMILES string of the molecule is NNc1cccc(COc2cc(F)ccc2Br)n1. The highest BCUT2D eigenvalue weighted by molar-refractivity contribution is 9.10. The Labute approximate surface area is 112 Å². The van der Waals surface area contributed by atoms with Gasteiger partial charge in [0.05, 0.1) is 10.2 Å². The van der Waals surface area contributed by atoms with Crippen molar-refractivity contribution in [1.82, 2.24) is 4.98 Å². The van der Waals surface area contributed by atoms with Crippen LogP contribution in [0.4, 0.5) is 10.2 Å². The molecule has 0 radical (unpaired) electrons. The van der Waals surface area contributed by atoms with Crippen LogP contribution in [0.1, 0.15) is 5.69 Å². The van der Waals surface area contributed by atoms with E-state index >= 15 is 0 Å². The van der Waals surface area contributed by atoms with Gasteiger partial charge in [0.15, 0.2) is 0 Å². The molecule has 0 unspecified atom stereocenters. The Bertz CT molecular complexity index is 551. The zero-order chi connectivity index (χ0) is 13.0. The number of rotatable bonds is 4. The number of halogens is 2. The van der Waals surface area contributed by atoms with E-state index < -0.39 is 0 Å². The maximum absolute atomic E-state index is 13.0. The summed E-state index contributed by atoms with van der Waals surface area (Å²) < 4.78 is 19.2. The molecule has 0 aliphatic heterocycles. The van der Waals surface area contributed by atoms with Crippen LogP contribution in [0.15, 0.2) is 40.9 Å². The van der Waals surface area contributed by atoms with Gasteiger partial charge in [0.25, 0.3) is 0 Å². The van der Waals surface area contributed by atoms with Gasteiger partial charge in [-0.15, -0.1) is 0 Å². The first-order valence-corrected chi connectivity index (χ1v) is 5.99. The summed E-state index contributed by atoms with van der Waals surface area (Å²) in [5.74, 6) is 5.89. The second-order valence-corrected chi connectivity index (χ2v) is 4.38. The number of ether oxygens (including phenoxy) is 1. The van der Waals surface area contributed by atoms with E-state index in [-0.39, 0.29) is 12.4 Å². The molecule has 1 heterocycles. The molecule has 0 bridgehead atoms. The van der Waals surface area contributed by atoms with Gasteiger partial charge in [-0.05, 0) is 40.2 Å². The molecule has 0 aliphatic rings. The van der Waals surface area contributed by atoms with Crippen molar-refractivity contribution < 1.29 is 9.13 Å². The number of nitrogens with zero attached hydrogens (tertiary/aromatic N) is 1. The number of hydrogen-bond acceptors (Lipinski definition) is 4. The van der Waals surface area contributed by atoms with E-state index in [2.05, 4.69) is 26.3 Å². The van der Waals surface area contributed by atoms with Crippen molar-refractivity contribution in [3.8, 4) is 5.75 Å². The Morgan fingerprint density at radius 3 is 2.94 bits per heavy atom. The molecule has 94 valence electrons. The lowest BCUT2D eigenvalue weighted by Gasteiger charge is -2.08. The fourth-order valence-electron chi connectivity index (χ4n) is 1.38. The van der Waals surface area contributed by atoms with Crippen LogP contribution in [-0.4, -0.2) is 4.98 Å². The van der Waals surface area contributed by atoms with Gasteiger partial charge in [0.1, 0.15) is 24.0 Å². The Kier molecular flexibility index (Phi) is 4.11. The second kappa shape index (κ2) is 5.79. The lowest BCUT2D eigenvalue weighted by atomic mass is 10.3. The molecule has 1 aromatic carbocycles. The molecular formula is C12H11BrFN3O. The zero-order valence-electron chi connectivity index (χ0n) is 9.36. The van der Waals surface area contributed by atoms with Crippen LogP contribution in [0.2, 0.25) is 0 Å². The molecule has 2 aromatic rings. The predicted octanol–water partition coefficient (Wildman–Crippen LogP) is 2.85. The topological polar surface area (TPSA) is 60.2 Å². The normalized spacial score (nSPS) is 10.2. The van der Waals surface area contributed by atoms with Crippen molar-refractivity contribution in [2.24, 2.45) is 5.84 Å². The summed E-state index contributed by atoms with van der Waals surface area (Å²) in [6.07, 6.45) is 0. The summed E-state index contributed by atoms with van der Waals surface area (Å²) in [6, 6.07) is 9.61. The fraction of sp³-hybridized carbons (Fsp3) is 0.0833. The number of hydrogen-bond donors (Lipinski definition) is 2. The van der Waals surface area contributed by atoms with Crippen LogP contribution in [0.5, 0.6) is 5.75 Å². The highest BCUT2D eigenvalue weighted by Gasteiger charge is 2.04. The number of nitrogen functional groups attached to an aromatic ring is 1. The minimum atomic E-state index is -0.349. The van der Waals surface area contributed by atoms with Gasteiger partial charge >= 0.3 is 0 Å². The Morgan fingerprint density at radius 1 is 1.33 bits per heavy atom. The first-order chi connectivity index (χ1) is 8.69. The van der Waals surface area contributed by atoms with Crippen LogP contribution in [0, 0.1) is 5.82 Å². The number of pyridine rings is 1. The third kappa shape index (κ3) is 3.18. The van der Waals surface area contributed by atoms with E-state index in [1.165, 1.54) is 12.1 Å². The average Bonchev–Trinajstić information content (AvgIpc) is 2.40. The maximum atomic E-state index is 13.0.